The highest BCUT2D eigenvalue weighted by molar-refractivity contribution is 5.38. The van der Waals surface area contributed by atoms with Gasteiger partial charge in [-0.15, -0.1) is 0 Å². The molecule has 2 N–H and O–H groups in total. The Kier molecular flexibility index (Phi) is 2.76. The van der Waals surface area contributed by atoms with Gasteiger partial charge in [0.25, 0.3) is 0 Å². The maximum atomic E-state index is 9.17. The maximum Gasteiger partial charge on any atom is 0.141 e. The van der Waals surface area contributed by atoms with Crippen molar-refractivity contribution in [1.29, 1.82) is 5.26 Å². The van der Waals surface area contributed by atoms with E-state index in [9.17, 15) is 5.26 Å². The average molecular weight is 242 g/mol. The number of rotatable bonds is 4. The number of benzene rings is 1. The highest BCUT2D eigenvalue weighted by atomic mass is 16.5. The van der Waals surface area contributed by atoms with Crippen LogP contribution in [0.25, 0.3) is 0 Å². The first kappa shape index (κ1) is 11.6. The fourth-order valence-electron chi connectivity index (χ4n) is 2.68. The molecule has 0 radical (unpaired) electrons. The summed E-state index contributed by atoms with van der Waals surface area (Å²) < 4.78 is 5.74. The lowest BCUT2D eigenvalue weighted by molar-refractivity contribution is 0.237. The third-order valence-corrected chi connectivity index (χ3v) is 4.06. The van der Waals surface area contributed by atoms with E-state index in [1.54, 1.807) is 0 Å². The van der Waals surface area contributed by atoms with Gasteiger partial charge in [-0.3, -0.25) is 0 Å². The van der Waals surface area contributed by atoms with E-state index in [0.717, 1.165) is 25.0 Å². The second kappa shape index (κ2) is 4.29. The minimum atomic E-state index is -0.807. The van der Waals surface area contributed by atoms with Gasteiger partial charge < -0.3 is 10.5 Å². The zero-order valence-corrected chi connectivity index (χ0v) is 10.5. The molecule has 94 valence electrons. The van der Waals surface area contributed by atoms with E-state index in [1.807, 2.05) is 6.07 Å². The van der Waals surface area contributed by atoms with Gasteiger partial charge in [0.05, 0.1) is 6.07 Å². The number of nitrogens with zero attached hydrogens (tertiary/aromatic N) is 1. The van der Waals surface area contributed by atoms with Crippen molar-refractivity contribution in [3.8, 4) is 11.8 Å². The summed E-state index contributed by atoms with van der Waals surface area (Å²) in [5.74, 6) is 1.17. The fourth-order valence-corrected chi connectivity index (χ4v) is 2.68. The average Bonchev–Trinajstić information content (AvgIpc) is 3.15. The highest BCUT2D eigenvalue weighted by Gasteiger charge is 2.43. The Morgan fingerprint density at radius 2 is 2.11 bits per heavy atom. The maximum absolute atomic E-state index is 9.17. The Bertz CT molecular complexity index is 502. The van der Waals surface area contributed by atoms with E-state index in [4.69, 9.17) is 10.5 Å². The lowest BCUT2D eigenvalue weighted by Gasteiger charge is -2.21. The molecule has 1 saturated carbocycles. The van der Waals surface area contributed by atoms with E-state index in [0.29, 0.717) is 12.5 Å². The zero-order valence-electron chi connectivity index (χ0n) is 10.5. The molecule has 0 spiro atoms. The molecule has 2 aliphatic rings. The summed E-state index contributed by atoms with van der Waals surface area (Å²) in [4.78, 5) is 0. The van der Waals surface area contributed by atoms with Crippen molar-refractivity contribution < 1.29 is 4.74 Å². The lowest BCUT2D eigenvalue weighted by Crippen LogP contribution is -2.46. The lowest BCUT2D eigenvalue weighted by atomic mass is 9.98. The number of ether oxygens (including phenoxy) is 1. The van der Waals surface area contributed by atoms with Gasteiger partial charge in [0, 0.05) is 0 Å². The van der Waals surface area contributed by atoms with Crippen molar-refractivity contribution >= 4 is 0 Å². The van der Waals surface area contributed by atoms with E-state index >= 15 is 0 Å². The smallest absolute Gasteiger partial charge is 0.141 e. The third kappa shape index (κ3) is 2.09. The predicted octanol–water partition coefficient (Wildman–Crippen LogP) is 2.19. The number of fused-ring (bicyclic) bond motifs is 1. The number of nitrogens with two attached hydrogens (primary N) is 1. The zero-order chi connectivity index (χ0) is 12.6. The molecule has 3 nitrogen and oxygen atoms in total. The van der Waals surface area contributed by atoms with Crippen LogP contribution >= 0.6 is 0 Å². The predicted molar refractivity (Wildman–Crippen MR) is 69.2 cm³/mol. The minimum Gasteiger partial charge on any atom is -0.491 e. The summed E-state index contributed by atoms with van der Waals surface area (Å²) in [5.41, 5.74) is 8.09. The number of aryl methyl sites for hydroxylation is 2. The van der Waals surface area contributed by atoms with Crippen LogP contribution in [0, 0.1) is 17.2 Å². The van der Waals surface area contributed by atoms with Gasteiger partial charge in [-0.1, -0.05) is 6.07 Å². The largest absolute Gasteiger partial charge is 0.491 e. The molecule has 1 atom stereocenters. The molecular weight excluding hydrogens is 224 g/mol. The van der Waals surface area contributed by atoms with E-state index in [-0.39, 0.29) is 0 Å². The molecule has 0 heterocycles. The van der Waals surface area contributed by atoms with Crippen LogP contribution in [-0.2, 0) is 12.8 Å². The summed E-state index contributed by atoms with van der Waals surface area (Å²) in [6.07, 6.45) is 5.66. The molecule has 0 amide bonds. The Hall–Kier alpha value is -1.53. The number of nitriles is 1. The molecule has 0 saturated heterocycles. The summed E-state index contributed by atoms with van der Waals surface area (Å²) in [7, 11) is 0. The minimum absolute atomic E-state index is 0.299. The van der Waals surface area contributed by atoms with Crippen molar-refractivity contribution in [1.82, 2.24) is 0 Å². The summed E-state index contributed by atoms with van der Waals surface area (Å²) in [6.45, 7) is 0.299. The second-order valence-corrected chi connectivity index (χ2v) is 5.50. The Morgan fingerprint density at radius 3 is 2.83 bits per heavy atom. The Labute approximate surface area is 108 Å². The number of hydrogen-bond donors (Lipinski definition) is 1. The molecule has 1 unspecified atom stereocenters. The molecule has 0 bridgehead atoms. The van der Waals surface area contributed by atoms with Gasteiger partial charge >= 0.3 is 0 Å². The molecular formula is C15H18N2O. The van der Waals surface area contributed by atoms with Crippen molar-refractivity contribution in [2.24, 2.45) is 11.7 Å². The van der Waals surface area contributed by atoms with Gasteiger partial charge in [-0.05, 0) is 61.3 Å². The first-order valence-electron chi connectivity index (χ1n) is 6.66. The van der Waals surface area contributed by atoms with Crippen LogP contribution in [0.4, 0.5) is 0 Å². The molecule has 1 fully saturated rings. The van der Waals surface area contributed by atoms with E-state index in [1.165, 1.54) is 24.0 Å². The van der Waals surface area contributed by atoms with Crippen molar-refractivity contribution in [2.45, 2.75) is 37.6 Å². The van der Waals surface area contributed by atoms with Crippen LogP contribution in [0.2, 0.25) is 0 Å². The molecule has 1 aromatic rings. The first-order chi connectivity index (χ1) is 8.71. The Morgan fingerprint density at radius 1 is 1.33 bits per heavy atom. The van der Waals surface area contributed by atoms with Crippen LogP contribution in [0.1, 0.15) is 30.4 Å². The molecule has 18 heavy (non-hydrogen) atoms. The van der Waals surface area contributed by atoms with Crippen molar-refractivity contribution in [3.05, 3.63) is 29.3 Å². The van der Waals surface area contributed by atoms with Gasteiger partial charge in [0.15, 0.2) is 0 Å². The van der Waals surface area contributed by atoms with Crippen LogP contribution in [-0.4, -0.2) is 12.1 Å². The van der Waals surface area contributed by atoms with Gasteiger partial charge in [0.1, 0.15) is 17.9 Å². The summed E-state index contributed by atoms with van der Waals surface area (Å²) in [5, 5.41) is 9.17. The van der Waals surface area contributed by atoms with Crippen LogP contribution < -0.4 is 10.5 Å². The third-order valence-electron chi connectivity index (χ3n) is 4.06. The normalized spacial score (nSPS) is 20.9. The monoisotopic (exact) mass is 242 g/mol. The molecule has 3 heteroatoms. The van der Waals surface area contributed by atoms with Gasteiger partial charge in [-0.2, -0.15) is 5.26 Å². The van der Waals surface area contributed by atoms with Crippen molar-refractivity contribution in [2.75, 3.05) is 6.61 Å². The second-order valence-electron chi connectivity index (χ2n) is 5.50. The standard InChI is InChI=1S/C15H18N2O/c16-9-15(17,13-5-6-13)10-18-14-7-4-11-2-1-3-12(11)8-14/h4,7-8,13H,1-3,5-6,10,17H2. The fraction of sp³-hybridized carbons (Fsp3) is 0.533. The van der Waals surface area contributed by atoms with Crippen LogP contribution in [0.5, 0.6) is 5.75 Å². The van der Waals surface area contributed by atoms with Crippen molar-refractivity contribution in [3.63, 3.8) is 0 Å². The SMILES string of the molecule is N#CC(N)(COc1ccc2c(c1)CCC2)C1CC1. The molecule has 2 aliphatic carbocycles. The molecule has 1 aromatic carbocycles. The summed E-state index contributed by atoms with van der Waals surface area (Å²) in [6, 6.07) is 8.45. The molecule has 3 rings (SSSR count). The first-order valence-corrected chi connectivity index (χ1v) is 6.66. The topological polar surface area (TPSA) is 59.0 Å². The van der Waals surface area contributed by atoms with Gasteiger partial charge in [-0.25, -0.2) is 0 Å². The molecule has 0 aromatic heterocycles. The van der Waals surface area contributed by atoms with Crippen LogP contribution in [0.15, 0.2) is 18.2 Å². The van der Waals surface area contributed by atoms with Gasteiger partial charge in [0.2, 0.25) is 0 Å². The number of hydrogen-bond acceptors (Lipinski definition) is 3. The highest BCUT2D eigenvalue weighted by Crippen LogP contribution is 2.38. The quantitative estimate of drug-likeness (QED) is 0.880. The Balaban J connectivity index is 1.68. The van der Waals surface area contributed by atoms with Crippen LogP contribution in [0.3, 0.4) is 0 Å². The van der Waals surface area contributed by atoms with E-state index < -0.39 is 5.54 Å². The van der Waals surface area contributed by atoms with E-state index in [2.05, 4.69) is 18.2 Å². The molecule has 0 aliphatic heterocycles. The summed E-state index contributed by atoms with van der Waals surface area (Å²) >= 11 is 0.